The van der Waals surface area contributed by atoms with Gasteiger partial charge in [-0.1, -0.05) is 40.9 Å². The Balaban J connectivity index is 2.23. The monoisotopic (exact) mass is 321 g/mol. The summed E-state index contributed by atoms with van der Waals surface area (Å²) in [6.07, 6.45) is -0.279. The van der Waals surface area contributed by atoms with Crippen molar-refractivity contribution in [1.82, 2.24) is 0 Å². The zero-order valence-electron chi connectivity index (χ0n) is 9.20. The van der Waals surface area contributed by atoms with Crippen molar-refractivity contribution < 1.29 is 4.74 Å². The number of hydrogen-bond donors (Lipinski definition) is 1. The van der Waals surface area contributed by atoms with Crippen LogP contribution in [0.15, 0.2) is 30.3 Å². The first-order chi connectivity index (χ1) is 8.61. The lowest BCUT2D eigenvalue weighted by molar-refractivity contribution is 0.218. The molecule has 0 spiro atoms. The number of halogens is 3. The Morgan fingerprint density at radius 1 is 1.17 bits per heavy atom. The molecule has 1 aromatic heterocycles. The van der Waals surface area contributed by atoms with E-state index in [2.05, 4.69) is 0 Å². The number of thiophene rings is 1. The maximum absolute atomic E-state index is 6.07. The van der Waals surface area contributed by atoms with Crippen LogP contribution in [0.1, 0.15) is 11.0 Å². The largest absolute Gasteiger partial charge is 0.482 e. The smallest absolute Gasteiger partial charge is 0.145 e. The normalized spacial score (nSPS) is 12.4. The minimum Gasteiger partial charge on any atom is -0.482 e. The van der Waals surface area contributed by atoms with E-state index in [1.54, 1.807) is 18.2 Å². The van der Waals surface area contributed by atoms with Crippen molar-refractivity contribution in [3.05, 3.63) is 49.6 Å². The molecule has 96 valence electrons. The number of nitrogens with two attached hydrogens (primary N) is 1. The van der Waals surface area contributed by atoms with Crippen LogP contribution < -0.4 is 10.5 Å². The van der Waals surface area contributed by atoms with Crippen LogP contribution in [0.5, 0.6) is 5.75 Å². The van der Waals surface area contributed by atoms with E-state index in [-0.39, 0.29) is 6.10 Å². The van der Waals surface area contributed by atoms with E-state index in [0.717, 1.165) is 4.88 Å². The Morgan fingerprint density at radius 2 is 1.94 bits per heavy atom. The lowest BCUT2D eigenvalue weighted by Crippen LogP contribution is -2.17. The maximum Gasteiger partial charge on any atom is 0.145 e. The van der Waals surface area contributed by atoms with Crippen molar-refractivity contribution >= 4 is 46.1 Å². The van der Waals surface area contributed by atoms with Gasteiger partial charge in [-0.05, 0) is 24.3 Å². The van der Waals surface area contributed by atoms with Gasteiger partial charge in [0.15, 0.2) is 0 Å². The second-order valence-corrected chi connectivity index (χ2v) is 6.07. The van der Waals surface area contributed by atoms with Gasteiger partial charge in [-0.25, -0.2) is 0 Å². The summed E-state index contributed by atoms with van der Waals surface area (Å²) in [6, 6.07) is 8.94. The second kappa shape index (κ2) is 6.13. The third-order valence-electron chi connectivity index (χ3n) is 2.31. The molecule has 1 unspecified atom stereocenters. The molecule has 0 bridgehead atoms. The van der Waals surface area contributed by atoms with Crippen molar-refractivity contribution in [2.24, 2.45) is 5.73 Å². The molecule has 2 aromatic rings. The summed E-state index contributed by atoms with van der Waals surface area (Å²) in [4.78, 5) is 0.957. The molecule has 0 saturated heterocycles. The molecule has 0 aliphatic rings. The third-order valence-corrected chi connectivity index (χ3v) is 4.44. The van der Waals surface area contributed by atoms with Crippen molar-refractivity contribution in [3.63, 3.8) is 0 Å². The highest BCUT2D eigenvalue weighted by Gasteiger charge is 2.16. The van der Waals surface area contributed by atoms with Crippen molar-refractivity contribution in [2.75, 3.05) is 6.54 Å². The summed E-state index contributed by atoms with van der Waals surface area (Å²) in [5.74, 6) is 0.518. The molecule has 0 aliphatic heterocycles. The Hall–Kier alpha value is -0.450. The third kappa shape index (κ3) is 3.11. The van der Waals surface area contributed by atoms with E-state index in [1.807, 2.05) is 12.1 Å². The highest BCUT2D eigenvalue weighted by Crippen LogP contribution is 2.36. The van der Waals surface area contributed by atoms with E-state index in [4.69, 9.17) is 45.3 Å². The van der Waals surface area contributed by atoms with Gasteiger partial charge in [-0.3, -0.25) is 0 Å². The fourth-order valence-electron chi connectivity index (χ4n) is 1.45. The van der Waals surface area contributed by atoms with Gasteiger partial charge in [0.2, 0.25) is 0 Å². The van der Waals surface area contributed by atoms with E-state index in [0.29, 0.717) is 26.7 Å². The number of benzene rings is 1. The Morgan fingerprint density at radius 3 is 2.56 bits per heavy atom. The van der Waals surface area contributed by atoms with E-state index < -0.39 is 0 Å². The zero-order chi connectivity index (χ0) is 13.1. The van der Waals surface area contributed by atoms with Crippen LogP contribution in [0.3, 0.4) is 0 Å². The molecule has 2 N–H and O–H groups in total. The molecule has 0 fully saturated rings. The van der Waals surface area contributed by atoms with E-state index in [9.17, 15) is 0 Å². The number of rotatable bonds is 4. The topological polar surface area (TPSA) is 35.2 Å². The summed E-state index contributed by atoms with van der Waals surface area (Å²) in [5.41, 5.74) is 5.71. The van der Waals surface area contributed by atoms with Gasteiger partial charge in [0, 0.05) is 11.4 Å². The lowest BCUT2D eigenvalue weighted by atomic mass is 10.3. The summed E-state index contributed by atoms with van der Waals surface area (Å²) in [7, 11) is 0. The molecule has 1 heterocycles. The number of ether oxygens (including phenoxy) is 1. The average Bonchev–Trinajstić information content (AvgIpc) is 2.78. The van der Waals surface area contributed by atoms with E-state index in [1.165, 1.54) is 11.3 Å². The van der Waals surface area contributed by atoms with Gasteiger partial charge in [0.25, 0.3) is 0 Å². The van der Waals surface area contributed by atoms with Gasteiger partial charge >= 0.3 is 0 Å². The number of hydrogen-bond acceptors (Lipinski definition) is 3. The van der Waals surface area contributed by atoms with Gasteiger partial charge in [-0.15, -0.1) is 11.3 Å². The summed E-state index contributed by atoms with van der Waals surface area (Å²) < 4.78 is 6.48. The summed E-state index contributed by atoms with van der Waals surface area (Å²) in [6.45, 7) is 0.333. The highest BCUT2D eigenvalue weighted by atomic mass is 35.5. The van der Waals surface area contributed by atoms with Crippen LogP contribution in [-0.2, 0) is 0 Å². The molecule has 1 atom stereocenters. The molecule has 0 amide bonds. The van der Waals surface area contributed by atoms with Gasteiger partial charge in [-0.2, -0.15) is 0 Å². The fourth-order valence-corrected chi connectivity index (χ4v) is 2.89. The van der Waals surface area contributed by atoms with Crippen LogP contribution in [0.2, 0.25) is 14.4 Å². The first-order valence-corrected chi connectivity index (χ1v) is 7.13. The standard InChI is InChI=1S/C12H10Cl3NOS/c13-7-2-1-3-8(12(7)15)17-9(6-16)10-4-5-11(14)18-10/h1-5,9H,6,16H2. The molecule has 0 saturated carbocycles. The van der Waals surface area contributed by atoms with Crippen LogP contribution >= 0.6 is 46.1 Å². The highest BCUT2D eigenvalue weighted by molar-refractivity contribution is 7.16. The summed E-state index contributed by atoms with van der Waals surface area (Å²) >= 11 is 19.3. The molecule has 0 aliphatic carbocycles. The minimum absolute atomic E-state index is 0.279. The first-order valence-electron chi connectivity index (χ1n) is 5.17. The molecule has 2 rings (SSSR count). The minimum atomic E-state index is -0.279. The van der Waals surface area contributed by atoms with Crippen molar-refractivity contribution in [1.29, 1.82) is 0 Å². The second-order valence-electron chi connectivity index (χ2n) is 3.54. The van der Waals surface area contributed by atoms with Crippen LogP contribution in [0, 0.1) is 0 Å². The summed E-state index contributed by atoms with van der Waals surface area (Å²) in [5, 5.41) is 0.842. The van der Waals surface area contributed by atoms with Crippen molar-refractivity contribution in [3.8, 4) is 5.75 Å². The predicted octanol–water partition coefficient (Wildman–Crippen LogP) is 4.79. The quantitative estimate of drug-likeness (QED) is 0.878. The average molecular weight is 323 g/mol. The van der Waals surface area contributed by atoms with E-state index >= 15 is 0 Å². The van der Waals surface area contributed by atoms with Gasteiger partial charge < -0.3 is 10.5 Å². The molecule has 0 radical (unpaired) electrons. The van der Waals surface area contributed by atoms with Crippen LogP contribution in [0.25, 0.3) is 0 Å². The lowest BCUT2D eigenvalue weighted by Gasteiger charge is -2.17. The molecule has 1 aromatic carbocycles. The Labute approximate surface area is 124 Å². The molecular formula is C12H10Cl3NOS. The molecule has 18 heavy (non-hydrogen) atoms. The molecular weight excluding hydrogens is 313 g/mol. The zero-order valence-corrected chi connectivity index (χ0v) is 12.3. The Bertz CT molecular complexity index is 544. The SMILES string of the molecule is NCC(Oc1cccc(Cl)c1Cl)c1ccc(Cl)s1. The fraction of sp³-hybridized carbons (Fsp3) is 0.167. The van der Waals surface area contributed by atoms with Crippen LogP contribution in [-0.4, -0.2) is 6.54 Å². The van der Waals surface area contributed by atoms with Gasteiger partial charge in [0.1, 0.15) is 16.9 Å². The van der Waals surface area contributed by atoms with Crippen molar-refractivity contribution in [2.45, 2.75) is 6.10 Å². The van der Waals surface area contributed by atoms with Crippen LogP contribution in [0.4, 0.5) is 0 Å². The molecule has 6 heteroatoms. The van der Waals surface area contributed by atoms with Gasteiger partial charge in [0.05, 0.1) is 9.36 Å². The first kappa shape index (κ1) is 14.0. The maximum atomic E-state index is 6.07. The Kier molecular flexibility index (Phi) is 4.76. The predicted molar refractivity (Wildman–Crippen MR) is 78.2 cm³/mol. The molecule has 2 nitrogen and oxygen atoms in total.